The van der Waals surface area contributed by atoms with Gasteiger partial charge in [-0.2, -0.15) is 0 Å². The second-order valence-electron chi connectivity index (χ2n) is 1.48. The summed E-state index contributed by atoms with van der Waals surface area (Å²) in [5, 5.41) is 1.14. The summed E-state index contributed by atoms with van der Waals surface area (Å²) in [4.78, 5) is 0. The highest BCUT2D eigenvalue weighted by Gasteiger charge is 1.87. The van der Waals surface area contributed by atoms with Crippen molar-refractivity contribution in [1.29, 1.82) is 0 Å². The second kappa shape index (κ2) is 4.66. The van der Waals surface area contributed by atoms with Crippen molar-refractivity contribution < 1.29 is 0 Å². The summed E-state index contributed by atoms with van der Waals surface area (Å²) in [6.45, 7) is 5.21. The van der Waals surface area contributed by atoms with Gasteiger partial charge in [0, 0.05) is 5.03 Å². The molecule has 2 heteroatoms. The Morgan fingerprint density at radius 1 is 1.44 bits per heavy atom. The molecule has 0 fully saturated rings. The van der Waals surface area contributed by atoms with Gasteiger partial charge in [0.2, 0.25) is 0 Å². The summed E-state index contributed by atoms with van der Waals surface area (Å²) in [6.07, 6.45) is 5.06. The Balaban J connectivity index is 4.06. The maximum atomic E-state index is 5.61. The van der Waals surface area contributed by atoms with Crippen molar-refractivity contribution in [2.45, 2.75) is 6.92 Å². The molecule has 0 unspecified atom stereocenters. The summed E-state index contributed by atoms with van der Waals surface area (Å²) in [5.41, 5.74) is 0. The van der Waals surface area contributed by atoms with Gasteiger partial charge in [0.1, 0.15) is 0 Å². The van der Waals surface area contributed by atoms with Gasteiger partial charge in [-0.05, 0) is 13.0 Å². The van der Waals surface area contributed by atoms with Gasteiger partial charge < -0.3 is 0 Å². The van der Waals surface area contributed by atoms with Crippen molar-refractivity contribution in [2.24, 2.45) is 0 Å². The van der Waals surface area contributed by atoms with E-state index in [2.05, 4.69) is 6.58 Å². The smallest absolute Gasteiger partial charge is 0.0548 e. The van der Waals surface area contributed by atoms with Gasteiger partial charge in [0.05, 0.1) is 5.03 Å². The predicted octanol–water partition coefficient (Wildman–Crippen LogP) is 3.44. The first-order chi connectivity index (χ1) is 4.18. The fourth-order valence-electron chi connectivity index (χ4n) is 0.267. The van der Waals surface area contributed by atoms with Gasteiger partial charge in [-0.25, -0.2) is 0 Å². The number of hydrogen-bond donors (Lipinski definition) is 0. The fraction of sp³-hybridized carbons (Fsp3) is 0.143. The molecular weight excluding hydrogens is 155 g/mol. The summed E-state index contributed by atoms with van der Waals surface area (Å²) in [7, 11) is 0. The summed E-state index contributed by atoms with van der Waals surface area (Å²) in [6, 6.07) is 0. The van der Waals surface area contributed by atoms with Crippen LogP contribution in [-0.4, -0.2) is 0 Å². The van der Waals surface area contributed by atoms with Gasteiger partial charge in [0.15, 0.2) is 0 Å². The Kier molecular flexibility index (Phi) is 4.55. The number of rotatable bonds is 2. The van der Waals surface area contributed by atoms with Crippen LogP contribution in [0.15, 0.2) is 34.9 Å². The van der Waals surface area contributed by atoms with Crippen LogP contribution in [0, 0.1) is 0 Å². The number of allylic oxidation sites excluding steroid dienone is 5. The molecule has 0 N–H and O–H groups in total. The molecule has 0 amide bonds. The average Bonchev–Trinajstić information content (AvgIpc) is 1.82. The predicted molar refractivity (Wildman–Crippen MR) is 43.7 cm³/mol. The highest BCUT2D eigenvalue weighted by Crippen LogP contribution is 2.13. The fourth-order valence-corrected chi connectivity index (χ4v) is 0.403. The van der Waals surface area contributed by atoms with Crippen LogP contribution in [0.5, 0.6) is 0 Å². The van der Waals surface area contributed by atoms with Gasteiger partial charge in [-0.15, -0.1) is 0 Å². The molecule has 0 nitrogen and oxygen atoms in total. The monoisotopic (exact) mass is 162 g/mol. The first-order valence-electron chi connectivity index (χ1n) is 2.49. The van der Waals surface area contributed by atoms with Crippen molar-refractivity contribution in [3.63, 3.8) is 0 Å². The van der Waals surface area contributed by atoms with Crippen molar-refractivity contribution in [3.05, 3.63) is 34.9 Å². The molecule has 50 valence electrons. The van der Waals surface area contributed by atoms with E-state index in [0.29, 0.717) is 10.1 Å². The van der Waals surface area contributed by atoms with E-state index in [-0.39, 0.29) is 0 Å². The Labute approximate surface area is 65.5 Å². The zero-order valence-electron chi connectivity index (χ0n) is 5.20. The lowest BCUT2D eigenvalue weighted by atomic mass is 10.4. The van der Waals surface area contributed by atoms with Crippen molar-refractivity contribution >= 4 is 23.2 Å². The molecule has 0 spiro atoms. The third-order valence-electron chi connectivity index (χ3n) is 0.708. The molecular formula is C7H8Cl2. The lowest BCUT2D eigenvalue weighted by Gasteiger charge is -1.86. The molecule has 0 aliphatic heterocycles. The quantitative estimate of drug-likeness (QED) is 0.547. The van der Waals surface area contributed by atoms with Gasteiger partial charge in [-0.1, -0.05) is 41.9 Å². The summed E-state index contributed by atoms with van der Waals surface area (Å²) in [5.74, 6) is 0. The van der Waals surface area contributed by atoms with Crippen LogP contribution in [0.1, 0.15) is 6.92 Å². The normalized spacial score (nSPS) is 13.7. The molecule has 0 rings (SSSR count). The molecule has 0 aromatic carbocycles. The lowest BCUT2D eigenvalue weighted by molar-refractivity contribution is 1.63. The maximum absolute atomic E-state index is 5.61. The van der Waals surface area contributed by atoms with Gasteiger partial charge >= 0.3 is 0 Å². The van der Waals surface area contributed by atoms with Crippen LogP contribution in [0.2, 0.25) is 0 Å². The van der Waals surface area contributed by atoms with Crippen molar-refractivity contribution in [3.8, 4) is 0 Å². The largest absolute Gasteiger partial charge is 0.0991 e. The summed E-state index contributed by atoms with van der Waals surface area (Å²) >= 11 is 11.1. The van der Waals surface area contributed by atoms with Crippen LogP contribution in [0.3, 0.4) is 0 Å². The van der Waals surface area contributed by atoms with Crippen LogP contribution in [0.4, 0.5) is 0 Å². The Morgan fingerprint density at radius 3 is 2.33 bits per heavy atom. The molecule has 9 heavy (non-hydrogen) atoms. The Hall–Kier alpha value is -0.200. The van der Waals surface area contributed by atoms with E-state index in [1.807, 2.05) is 0 Å². The second-order valence-corrected chi connectivity index (χ2v) is 2.45. The zero-order valence-corrected chi connectivity index (χ0v) is 6.71. The van der Waals surface area contributed by atoms with Gasteiger partial charge in [0.25, 0.3) is 0 Å². The molecule has 0 aromatic heterocycles. The topological polar surface area (TPSA) is 0 Å². The van der Waals surface area contributed by atoms with E-state index in [1.54, 1.807) is 25.2 Å². The van der Waals surface area contributed by atoms with E-state index in [1.165, 1.54) is 0 Å². The first-order valence-corrected chi connectivity index (χ1v) is 3.25. The molecule has 0 bridgehead atoms. The average molecular weight is 163 g/mol. The van der Waals surface area contributed by atoms with E-state index in [0.717, 1.165) is 0 Å². The minimum Gasteiger partial charge on any atom is -0.0991 e. The molecule has 0 heterocycles. The molecule has 0 radical (unpaired) electrons. The van der Waals surface area contributed by atoms with Crippen LogP contribution in [0.25, 0.3) is 0 Å². The first kappa shape index (κ1) is 8.80. The van der Waals surface area contributed by atoms with Crippen molar-refractivity contribution in [1.82, 2.24) is 0 Å². The molecule has 0 aliphatic carbocycles. The van der Waals surface area contributed by atoms with Gasteiger partial charge in [-0.3, -0.25) is 0 Å². The molecule has 0 atom stereocenters. The highest BCUT2D eigenvalue weighted by atomic mass is 35.5. The SMILES string of the molecule is C=C/C=C\C(Cl)=C(/C)Cl. The van der Waals surface area contributed by atoms with E-state index < -0.39 is 0 Å². The lowest BCUT2D eigenvalue weighted by Crippen LogP contribution is -1.64. The molecule has 0 aliphatic rings. The summed E-state index contributed by atoms with van der Waals surface area (Å²) < 4.78 is 0. The molecule has 0 aromatic rings. The zero-order chi connectivity index (χ0) is 7.28. The third kappa shape index (κ3) is 4.31. The van der Waals surface area contributed by atoms with E-state index >= 15 is 0 Å². The van der Waals surface area contributed by atoms with E-state index in [9.17, 15) is 0 Å². The minimum atomic E-state index is 0.552. The molecule has 0 saturated heterocycles. The van der Waals surface area contributed by atoms with Crippen LogP contribution in [-0.2, 0) is 0 Å². The van der Waals surface area contributed by atoms with E-state index in [4.69, 9.17) is 23.2 Å². The Bertz CT molecular complexity index is 150. The van der Waals surface area contributed by atoms with Crippen LogP contribution < -0.4 is 0 Å². The standard InChI is InChI=1S/C7H8Cl2/c1-3-4-5-7(9)6(2)8/h3-5H,1H2,2H3/b5-4-,7-6-. The Morgan fingerprint density at radius 2 is 2.00 bits per heavy atom. The minimum absolute atomic E-state index is 0.552. The number of hydrogen-bond acceptors (Lipinski definition) is 0. The number of halogens is 2. The molecule has 0 saturated carbocycles. The van der Waals surface area contributed by atoms with Crippen molar-refractivity contribution in [2.75, 3.05) is 0 Å². The third-order valence-corrected chi connectivity index (χ3v) is 1.42. The van der Waals surface area contributed by atoms with Crippen LogP contribution >= 0.6 is 23.2 Å². The maximum Gasteiger partial charge on any atom is 0.0548 e. The highest BCUT2D eigenvalue weighted by molar-refractivity contribution is 6.39.